The predicted octanol–water partition coefficient (Wildman–Crippen LogP) is 1.57. The molecule has 1 aliphatic rings. The van der Waals surface area contributed by atoms with E-state index in [1.807, 2.05) is 18.2 Å². The molecule has 1 saturated carbocycles. The lowest BCUT2D eigenvalue weighted by atomic mass is 10.2. The summed E-state index contributed by atoms with van der Waals surface area (Å²) >= 11 is 3.49. The SMILES string of the molecule is NC(=O)COc1ccc(Br)c(CNC2CC2)c1. The van der Waals surface area contributed by atoms with Crippen molar-refractivity contribution >= 4 is 21.8 Å². The van der Waals surface area contributed by atoms with E-state index in [0.717, 1.165) is 16.6 Å². The van der Waals surface area contributed by atoms with Crippen LogP contribution in [0.25, 0.3) is 0 Å². The van der Waals surface area contributed by atoms with E-state index in [1.165, 1.54) is 12.8 Å². The maximum atomic E-state index is 10.6. The number of nitrogens with two attached hydrogens (primary N) is 1. The summed E-state index contributed by atoms with van der Waals surface area (Å²) in [5, 5.41) is 3.43. The van der Waals surface area contributed by atoms with Gasteiger partial charge in [0.05, 0.1) is 0 Å². The minimum Gasteiger partial charge on any atom is -0.484 e. The lowest BCUT2D eigenvalue weighted by molar-refractivity contribution is -0.119. The zero-order valence-corrected chi connectivity index (χ0v) is 11.0. The molecular weight excluding hydrogens is 284 g/mol. The van der Waals surface area contributed by atoms with E-state index in [1.54, 1.807) is 0 Å². The van der Waals surface area contributed by atoms with Crippen LogP contribution < -0.4 is 15.8 Å². The average Bonchev–Trinajstić information content (AvgIpc) is 3.10. The monoisotopic (exact) mass is 298 g/mol. The molecule has 1 fully saturated rings. The average molecular weight is 299 g/mol. The van der Waals surface area contributed by atoms with Gasteiger partial charge in [-0.25, -0.2) is 0 Å². The largest absolute Gasteiger partial charge is 0.484 e. The molecule has 0 aliphatic heterocycles. The van der Waals surface area contributed by atoms with E-state index in [-0.39, 0.29) is 6.61 Å². The molecule has 4 nitrogen and oxygen atoms in total. The van der Waals surface area contributed by atoms with Crippen LogP contribution in [0.3, 0.4) is 0 Å². The summed E-state index contributed by atoms with van der Waals surface area (Å²) in [5.41, 5.74) is 6.15. The van der Waals surface area contributed by atoms with Crippen LogP contribution in [0.1, 0.15) is 18.4 Å². The second-order valence-corrected chi connectivity index (χ2v) is 5.02. The number of carbonyl (C=O) groups excluding carboxylic acids is 1. The summed E-state index contributed by atoms with van der Waals surface area (Å²) in [7, 11) is 0. The first kappa shape index (κ1) is 12.4. The van der Waals surface area contributed by atoms with Crippen LogP contribution in [-0.2, 0) is 11.3 Å². The van der Waals surface area contributed by atoms with Gasteiger partial charge in [-0.3, -0.25) is 4.79 Å². The number of rotatable bonds is 6. The van der Waals surface area contributed by atoms with Gasteiger partial charge in [-0.2, -0.15) is 0 Å². The van der Waals surface area contributed by atoms with E-state index in [9.17, 15) is 4.79 Å². The lowest BCUT2D eigenvalue weighted by Gasteiger charge is -2.09. The van der Waals surface area contributed by atoms with Gasteiger partial charge in [-0.15, -0.1) is 0 Å². The molecule has 0 bridgehead atoms. The van der Waals surface area contributed by atoms with Gasteiger partial charge < -0.3 is 15.8 Å². The number of primary amides is 1. The first-order valence-electron chi connectivity index (χ1n) is 5.58. The molecule has 0 atom stereocenters. The molecule has 92 valence electrons. The Morgan fingerprint density at radius 3 is 2.94 bits per heavy atom. The summed E-state index contributed by atoms with van der Waals surface area (Å²) in [4.78, 5) is 10.6. The molecule has 0 unspecified atom stereocenters. The Kier molecular flexibility index (Phi) is 4.02. The van der Waals surface area contributed by atoms with Gasteiger partial charge in [0.2, 0.25) is 0 Å². The third-order valence-electron chi connectivity index (χ3n) is 2.56. The van der Waals surface area contributed by atoms with Crippen LogP contribution in [0.4, 0.5) is 0 Å². The molecule has 17 heavy (non-hydrogen) atoms. The standard InChI is InChI=1S/C12H15BrN2O2/c13-11-4-3-10(17-7-12(14)16)5-8(11)6-15-9-1-2-9/h3-5,9,15H,1-2,6-7H2,(H2,14,16). The smallest absolute Gasteiger partial charge is 0.255 e. The Morgan fingerprint density at radius 2 is 2.29 bits per heavy atom. The van der Waals surface area contributed by atoms with E-state index >= 15 is 0 Å². The van der Waals surface area contributed by atoms with E-state index < -0.39 is 5.91 Å². The van der Waals surface area contributed by atoms with Gasteiger partial charge in [0.1, 0.15) is 5.75 Å². The van der Waals surface area contributed by atoms with Gasteiger partial charge >= 0.3 is 0 Å². The number of hydrogen-bond donors (Lipinski definition) is 2. The maximum Gasteiger partial charge on any atom is 0.255 e. The first-order chi connectivity index (χ1) is 8.15. The van der Waals surface area contributed by atoms with Crippen LogP contribution in [0, 0.1) is 0 Å². The van der Waals surface area contributed by atoms with Gasteiger partial charge in [0.15, 0.2) is 6.61 Å². The third kappa shape index (κ3) is 4.02. The number of halogens is 1. The highest BCUT2D eigenvalue weighted by Crippen LogP contribution is 2.25. The zero-order valence-electron chi connectivity index (χ0n) is 9.41. The Labute approximate surface area is 109 Å². The molecular formula is C12H15BrN2O2. The lowest BCUT2D eigenvalue weighted by Crippen LogP contribution is -2.20. The van der Waals surface area contributed by atoms with Crippen LogP contribution in [-0.4, -0.2) is 18.6 Å². The zero-order chi connectivity index (χ0) is 12.3. The van der Waals surface area contributed by atoms with Crippen LogP contribution in [0.5, 0.6) is 5.75 Å². The summed E-state index contributed by atoms with van der Waals surface area (Å²) in [6.45, 7) is 0.718. The molecule has 1 amide bonds. The highest BCUT2D eigenvalue weighted by atomic mass is 79.9. The molecule has 0 aromatic heterocycles. The van der Waals surface area contributed by atoms with Crippen molar-refractivity contribution in [3.05, 3.63) is 28.2 Å². The number of hydrogen-bond acceptors (Lipinski definition) is 3. The molecule has 0 spiro atoms. The molecule has 0 radical (unpaired) electrons. The molecule has 0 saturated heterocycles. The number of nitrogens with one attached hydrogen (secondary N) is 1. The second kappa shape index (κ2) is 5.51. The van der Waals surface area contributed by atoms with Gasteiger partial charge in [-0.05, 0) is 36.6 Å². The molecule has 1 aromatic rings. The predicted molar refractivity (Wildman–Crippen MR) is 68.7 cm³/mol. The van der Waals surface area contributed by atoms with Crippen molar-refractivity contribution < 1.29 is 9.53 Å². The van der Waals surface area contributed by atoms with Crippen molar-refractivity contribution in [1.29, 1.82) is 0 Å². The normalized spacial score (nSPS) is 14.6. The summed E-state index contributed by atoms with van der Waals surface area (Å²) in [6.07, 6.45) is 2.52. The quantitative estimate of drug-likeness (QED) is 0.838. The number of amides is 1. The van der Waals surface area contributed by atoms with Crippen molar-refractivity contribution in [3.8, 4) is 5.75 Å². The fraction of sp³-hybridized carbons (Fsp3) is 0.417. The number of ether oxygens (including phenoxy) is 1. The minimum atomic E-state index is -0.467. The van der Waals surface area contributed by atoms with Crippen molar-refractivity contribution in [2.24, 2.45) is 5.73 Å². The van der Waals surface area contributed by atoms with Crippen LogP contribution >= 0.6 is 15.9 Å². The fourth-order valence-electron chi connectivity index (χ4n) is 1.47. The first-order valence-corrected chi connectivity index (χ1v) is 6.37. The van der Waals surface area contributed by atoms with Crippen molar-refractivity contribution in [2.75, 3.05) is 6.61 Å². The molecule has 0 heterocycles. The van der Waals surface area contributed by atoms with E-state index in [4.69, 9.17) is 10.5 Å². The number of carbonyl (C=O) groups is 1. The molecule has 2 rings (SSSR count). The van der Waals surface area contributed by atoms with E-state index in [0.29, 0.717) is 11.8 Å². The summed E-state index contributed by atoms with van der Waals surface area (Å²) < 4.78 is 6.30. The van der Waals surface area contributed by atoms with Crippen molar-refractivity contribution in [2.45, 2.75) is 25.4 Å². The van der Waals surface area contributed by atoms with Crippen molar-refractivity contribution in [3.63, 3.8) is 0 Å². The van der Waals surface area contributed by atoms with Gasteiger partial charge in [0, 0.05) is 17.1 Å². The fourth-order valence-corrected chi connectivity index (χ4v) is 1.86. The van der Waals surface area contributed by atoms with E-state index in [2.05, 4.69) is 21.2 Å². The third-order valence-corrected chi connectivity index (χ3v) is 3.33. The highest BCUT2D eigenvalue weighted by Gasteiger charge is 2.20. The maximum absolute atomic E-state index is 10.6. The van der Waals surface area contributed by atoms with Crippen LogP contribution in [0.15, 0.2) is 22.7 Å². The summed E-state index contributed by atoms with van der Waals surface area (Å²) in [6, 6.07) is 6.31. The summed E-state index contributed by atoms with van der Waals surface area (Å²) in [5.74, 6) is 0.199. The van der Waals surface area contributed by atoms with Gasteiger partial charge in [0.25, 0.3) is 5.91 Å². The highest BCUT2D eigenvalue weighted by molar-refractivity contribution is 9.10. The molecule has 1 aliphatic carbocycles. The van der Waals surface area contributed by atoms with Gasteiger partial charge in [-0.1, -0.05) is 15.9 Å². The molecule has 5 heteroatoms. The second-order valence-electron chi connectivity index (χ2n) is 4.16. The minimum absolute atomic E-state index is 0.0862. The topological polar surface area (TPSA) is 64.4 Å². The Morgan fingerprint density at radius 1 is 1.53 bits per heavy atom. The Bertz CT molecular complexity index is 419. The number of benzene rings is 1. The Balaban J connectivity index is 1.97. The molecule has 3 N–H and O–H groups in total. The molecule has 1 aromatic carbocycles. The van der Waals surface area contributed by atoms with Crippen LogP contribution in [0.2, 0.25) is 0 Å². The van der Waals surface area contributed by atoms with Crippen molar-refractivity contribution in [1.82, 2.24) is 5.32 Å². The Hall–Kier alpha value is -1.07.